The molecule has 0 atom stereocenters. The molecule has 0 fully saturated rings. The highest BCUT2D eigenvalue weighted by Crippen LogP contribution is 2.35. The molecule has 6 heteroatoms. The zero-order valence-corrected chi connectivity index (χ0v) is 21.3. The van der Waals surface area contributed by atoms with Gasteiger partial charge in [0.1, 0.15) is 11.3 Å². The standard InChI is InChI=1S/C30H29N3O3/c1-6-24-32-26-18(4)15-19(5)31-30(26)33(24)16-20-11-13-21(14-12-20)22-9-7-8-10-23(22)25-27(34)28(35)29(25)36-17(2)3/h7-15,17H,6,16H2,1-5H3. The normalized spacial score (nSPS) is 11.6. The van der Waals surface area contributed by atoms with Crippen LogP contribution in [0.15, 0.2) is 64.2 Å². The quantitative estimate of drug-likeness (QED) is 0.293. The molecule has 2 aromatic heterocycles. The lowest BCUT2D eigenvalue weighted by atomic mass is 9.91. The molecule has 0 N–H and O–H groups in total. The number of hydrogen-bond donors (Lipinski definition) is 0. The van der Waals surface area contributed by atoms with Gasteiger partial charge < -0.3 is 9.30 Å². The molecule has 0 radical (unpaired) electrons. The number of benzene rings is 2. The first-order valence-electron chi connectivity index (χ1n) is 12.3. The van der Waals surface area contributed by atoms with Crippen molar-refractivity contribution in [3.8, 4) is 28.0 Å². The van der Waals surface area contributed by atoms with Crippen molar-refractivity contribution in [3.63, 3.8) is 0 Å². The van der Waals surface area contributed by atoms with Crippen molar-refractivity contribution >= 4 is 11.2 Å². The zero-order chi connectivity index (χ0) is 25.6. The van der Waals surface area contributed by atoms with Crippen LogP contribution in [0.2, 0.25) is 0 Å². The maximum atomic E-state index is 12.5. The average molecular weight is 480 g/mol. The van der Waals surface area contributed by atoms with Crippen LogP contribution in [0, 0.1) is 13.8 Å². The predicted molar refractivity (Wildman–Crippen MR) is 143 cm³/mol. The summed E-state index contributed by atoms with van der Waals surface area (Å²) >= 11 is 0. The van der Waals surface area contributed by atoms with E-state index in [1.54, 1.807) is 0 Å². The molecule has 182 valence electrons. The molecule has 0 spiro atoms. The Hall–Kier alpha value is -4.06. The molecule has 5 aromatic rings. The number of imidazole rings is 1. The minimum atomic E-state index is -0.553. The van der Waals surface area contributed by atoms with Crippen LogP contribution >= 0.6 is 0 Å². The van der Waals surface area contributed by atoms with E-state index >= 15 is 0 Å². The van der Waals surface area contributed by atoms with Crippen LogP contribution in [0.3, 0.4) is 0 Å². The summed E-state index contributed by atoms with van der Waals surface area (Å²) in [5.41, 5.74) is 7.00. The van der Waals surface area contributed by atoms with Crippen LogP contribution in [0.25, 0.3) is 33.4 Å². The number of aryl methyl sites for hydroxylation is 3. The highest BCUT2D eigenvalue weighted by Gasteiger charge is 2.26. The summed E-state index contributed by atoms with van der Waals surface area (Å²) in [6.45, 7) is 10.6. The van der Waals surface area contributed by atoms with Gasteiger partial charge in [-0.15, -0.1) is 0 Å². The average Bonchev–Trinajstić information content (AvgIpc) is 3.21. The molecule has 3 aromatic carbocycles. The van der Waals surface area contributed by atoms with Crippen LogP contribution in [-0.2, 0) is 13.0 Å². The molecule has 2 heterocycles. The van der Waals surface area contributed by atoms with Crippen LogP contribution in [-0.4, -0.2) is 20.6 Å². The van der Waals surface area contributed by atoms with E-state index in [2.05, 4.69) is 48.7 Å². The van der Waals surface area contributed by atoms with Gasteiger partial charge in [0, 0.05) is 12.1 Å². The van der Waals surface area contributed by atoms with Crippen molar-refractivity contribution in [1.29, 1.82) is 0 Å². The van der Waals surface area contributed by atoms with Crippen molar-refractivity contribution in [3.05, 3.63) is 97.7 Å². The lowest BCUT2D eigenvalue weighted by molar-refractivity contribution is 0.238. The molecule has 0 amide bonds. The number of rotatable bonds is 7. The van der Waals surface area contributed by atoms with E-state index in [0.29, 0.717) is 12.1 Å². The second-order valence-electron chi connectivity index (χ2n) is 9.49. The fourth-order valence-electron chi connectivity index (χ4n) is 4.77. The Morgan fingerprint density at radius 1 is 0.917 bits per heavy atom. The molecule has 36 heavy (non-hydrogen) atoms. The van der Waals surface area contributed by atoms with Gasteiger partial charge in [-0.2, -0.15) is 0 Å². The minimum Gasteiger partial charge on any atom is -0.486 e. The molecule has 0 saturated heterocycles. The molecule has 0 aliphatic heterocycles. The molecule has 5 rings (SSSR count). The smallest absolute Gasteiger partial charge is 0.268 e. The number of nitrogens with zero attached hydrogens (tertiary/aromatic N) is 3. The summed E-state index contributed by atoms with van der Waals surface area (Å²) in [6.07, 6.45) is 0.635. The third kappa shape index (κ3) is 4.02. The minimum absolute atomic E-state index is 0.163. The Labute approximate surface area is 209 Å². The molecule has 6 nitrogen and oxygen atoms in total. The first kappa shape index (κ1) is 23.7. The number of fused-ring (bicyclic) bond motifs is 1. The lowest BCUT2D eigenvalue weighted by Gasteiger charge is -2.17. The molecular weight excluding hydrogens is 450 g/mol. The molecule has 0 saturated carbocycles. The van der Waals surface area contributed by atoms with Gasteiger partial charge in [0.25, 0.3) is 5.43 Å². The van der Waals surface area contributed by atoms with Crippen molar-refractivity contribution in [2.24, 2.45) is 0 Å². The Morgan fingerprint density at radius 3 is 2.28 bits per heavy atom. The second kappa shape index (κ2) is 9.19. The summed E-state index contributed by atoms with van der Waals surface area (Å²) in [6, 6.07) is 18.0. The first-order chi connectivity index (χ1) is 17.3. The van der Waals surface area contributed by atoms with Gasteiger partial charge in [0.2, 0.25) is 5.43 Å². The van der Waals surface area contributed by atoms with Crippen molar-refractivity contribution < 1.29 is 4.74 Å². The van der Waals surface area contributed by atoms with Gasteiger partial charge in [-0.25, -0.2) is 9.97 Å². The maximum Gasteiger partial charge on any atom is 0.268 e. The van der Waals surface area contributed by atoms with E-state index < -0.39 is 10.9 Å². The number of pyridine rings is 1. The fourth-order valence-corrected chi connectivity index (χ4v) is 4.77. The lowest BCUT2D eigenvalue weighted by Crippen LogP contribution is -2.35. The Balaban J connectivity index is 1.51. The monoisotopic (exact) mass is 479 g/mol. The molecule has 0 aliphatic rings. The Bertz CT molecular complexity index is 1650. The Morgan fingerprint density at radius 2 is 1.61 bits per heavy atom. The molecule has 0 unspecified atom stereocenters. The summed E-state index contributed by atoms with van der Waals surface area (Å²) < 4.78 is 7.86. The molecule has 0 aliphatic carbocycles. The van der Waals surface area contributed by atoms with Gasteiger partial charge in [-0.05, 0) is 61.6 Å². The van der Waals surface area contributed by atoms with E-state index in [1.165, 1.54) is 0 Å². The number of ether oxygens (including phenoxy) is 1. The van der Waals surface area contributed by atoms with Crippen LogP contribution < -0.4 is 15.6 Å². The van der Waals surface area contributed by atoms with Gasteiger partial charge in [0.05, 0.1) is 18.2 Å². The van der Waals surface area contributed by atoms with E-state index in [-0.39, 0.29) is 11.9 Å². The maximum absolute atomic E-state index is 12.5. The highest BCUT2D eigenvalue weighted by atomic mass is 16.5. The second-order valence-corrected chi connectivity index (χ2v) is 9.49. The summed E-state index contributed by atoms with van der Waals surface area (Å²) in [4.78, 5) is 34.3. The van der Waals surface area contributed by atoms with Crippen LogP contribution in [0.5, 0.6) is 5.75 Å². The number of aromatic nitrogens is 3. The highest BCUT2D eigenvalue weighted by molar-refractivity contribution is 5.87. The van der Waals surface area contributed by atoms with Crippen molar-refractivity contribution in [2.45, 2.75) is 53.7 Å². The number of hydrogen-bond acceptors (Lipinski definition) is 5. The predicted octanol–water partition coefficient (Wildman–Crippen LogP) is 5.38. The SMILES string of the molecule is CCc1nc2c(C)cc(C)nc2n1Cc1ccc(-c2ccccc2-c2c(OC(C)C)c(=O)c2=O)cc1. The summed E-state index contributed by atoms with van der Waals surface area (Å²) in [5.74, 6) is 1.18. The van der Waals surface area contributed by atoms with Crippen LogP contribution in [0.1, 0.15) is 43.4 Å². The van der Waals surface area contributed by atoms with Gasteiger partial charge >= 0.3 is 0 Å². The van der Waals surface area contributed by atoms with Gasteiger partial charge in [0.15, 0.2) is 11.4 Å². The van der Waals surface area contributed by atoms with Crippen molar-refractivity contribution in [1.82, 2.24) is 14.5 Å². The van der Waals surface area contributed by atoms with Gasteiger partial charge in [-0.1, -0.05) is 55.5 Å². The molecular formula is C30H29N3O3. The third-order valence-corrected chi connectivity index (χ3v) is 6.44. The van der Waals surface area contributed by atoms with E-state index in [9.17, 15) is 9.59 Å². The van der Waals surface area contributed by atoms with E-state index in [4.69, 9.17) is 14.7 Å². The first-order valence-corrected chi connectivity index (χ1v) is 12.3. The van der Waals surface area contributed by atoms with E-state index in [1.807, 2.05) is 45.0 Å². The fraction of sp³-hybridized carbons (Fsp3) is 0.267. The largest absolute Gasteiger partial charge is 0.486 e. The van der Waals surface area contributed by atoms with Crippen molar-refractivity contribution in [2.75, 3.05) is 0 Å². The summed E-state index contributed by atoms with van der Waals surface area (Å²) in [5, 5.41) is 0. The molecule has 0 bridgehead atoms. The van der Waals surface area contributed by atoms with Gasteiger partial charge in [-0.3, -0.25) is 9.59 Å². The van der Waals surface area contributed by atoms with Crippen LogP contribution in [0.4, 0.5) is 0 Å². The summed E-state index contributed by atoms with van der Waals surface area (Å²) in [7, 11) is 0. The topological polar surface area (TPSA) is 74.1 Å². The third-order valence-electron chi connectivity index (χ3n) is 6.44. The van der Waals surface area contributed by atoms with E-state index in [0.717, 1.165) is 56.9 Å². The Kier molecular flexibility index (Phi) is 6.04. The zero-order valence-electron chi connectivity index (χ0n) is 21.3.